The molecule has 0 amide bonds. The molecule has 1 heterocycles. The van der Waals surface area contributed by atoms with Gasteiger partial charge in [-0.15, -0.1) is 0 Å². The van der Waals surface area contributed by atoms with E-state index in [2.05, 4.69) is 20.8 Å². The summed E-state index contributed by atoms with van der Waals surface area (Å²) in [6, 6.07) is 0. The van der Waals surface area contributed by atoms with Crippen LogP contribution in [0.25, 0.3) is 0 Å². The lowest BCUT2D eigenvalue weighted by Gasteiger charge is -2.41. The van der Waals surface area contributed by atoms with E-state index < -0.39 is 0 Å². The van der Waals surface area contributed by atoms with Crippen LogP contribution in [0.1, 0.15) is 79.1 Å². The maximum Gasteiger partial charge on any atom is 0.308 e. The van der Waals surface area contributed by atoms with Crippen LogP contribution in [0.4, 0.5) is 0 Å². The van der Waals surface area contributed by atoms with Crippen molar-refractivity contribution < 1.29 is 28.5 Å². The lowest BCUT2D eigenvalue weighted by molar-refractivity contribution is -0.213. The molecule has 1 rings (SSSR count). The van der Waals surface area contributed by atoms with Crippen LogP contribution in [-0.2, 0) is 28.5 Å². The highest BCUT2D eigenvalue weighted by Crippen LogP contribution is 2.28. The predicted molar refractivity (Wildman–Crippen MR) is 110 cm³/mol. The second-order valence-corrected chi connectivity index (χ2v) is 7.41. The van der Waals surface area contributed by atoms with Gasteiger partial charge < -0.3 is 23.7 Å². The Bertz CT molecular complexity index is 389. The Morgan fingerprint density at radius 2 is 1.43 bits per heavy atom. The molecule has 0 aromatic carbocycles. The monoisotopic (exact) mass is 402 g/mol. The Labute approximate surface area is 171 Å². The maximum absolute atomic E-state index is 12.1. The van der Waals surface area contributed by atoms with Crippen molar-refractivity contribution in [1.29, 1.82) is 0 Å². The summed E-state index contributed by atoms with van der Waals surface area (Å²) in [7, 11) is 0. The SMILES string of the molecule is CCCCOCC1OC(CC(=O)OCC)C(OCCCC)CC1OCCCC. The number of carbonyl (C=O) groups is 1. The molecule has 1 aliphatic rings. The molecule has 0 aromatic heterocycles. The average Bonchev–Trinajstić information content (AvgIpc) is 2.68. The summed E-state index contributed by atoms with van der Waals surface area (Å²) < 4.78 is 29.5. The highest BCUT2D eigenvalue weighted by Gasteiger charge is 2.40. The van der Waals surface area contributed by atoms with Gasteiger partial charge in [0.25, 0.3) is 0 Å². The lowest BCUT2D eigenvalue weighted by atomic mass is 9.96. The Kier molecular flexibility index (Phi) is 14.6. The topological polar surface area (TPSA) is 63.2 Å². The molecule has 0 spiro atoms. The van der Waals surface area contributed by atoms with Crippen LogP contribution in [0.5, 0.6) is 0 Å². The van der Waals surface area contributed by atoms with Gasteiger partial charge in [-0.25, -0.2) is 0 Å². The lowest BCUT2D eigenvalue weighted by Crippen LogP contribution is -2.52. The summed E-state index contributed by atoms with van der Waals surface area (Å²) in [5.41, 5.74) is 0. The van der Waals surface area contributed by atoms with Gasteiger partial charge in [0.05, 0.1) is 37.9 Å². The number of esters is 1. The summed E-state index contributed by atoms with van der Waals surface area (Å²) in [6.45, 7) is 11.2. The molecular weight excluding hydrogens is 360 g/mol. The van der Waals surface area contributed by atoms with E-state index in [0.29, 0.717) is 26.4 Å². The van der Waals surface area contributed by atoms with Crippen molar-refractivity contribution in [3.8, 4) is 0 Å². The Balaban J connectivity index is 2.74. The van der Waals surface area contributed by atoms with Crippen molar-refractivity contribution in [1.82, 2.24) is 0 Å². The van der Waals surface area contributed by atoms with Crippen LogP contribution in [0.15, 0.2) is 0 Å². The van der Waals surface area contributed by atoms with E-state index in [9.17, 15) is 4.79 Å². The molecule has 0 N–H and O–H groups in total. The van der Waals surface area contributed by atoms with E-state index in [4.69, 9.17) is 23.7 Å². The van der Waals surface area contributed by atoms with Crippen LogP contribution in [0, 0.1) is 0 Å². The summed E-state index contributed by atoms with van der Waals surface area (Å²) in [5.74, 6) is -0.243. The largest absolute Gasteiger partial charge is 0.466 e. The molecule has 4 unspecified atom stereocenters. The number of carbonyl (C=O) groups excluding carboxylic acids is 1. The standard InChI is InChI=1S/C22H42O6/c1-5-9-12-24-17-21-19(27-14-11-7-3)15-18(26-13-10-6-2)20(28-21)16-22(23)25-8-4/h18-21H,5-17H2,1-4H3. The molecule has 1 aliphatic heterocycles. The number of hydrogen-bond donors (Lipinski definition) is 0. The fourth-order valence-electron chi connectivity index (χ4n) is 3.20. The molecule has 1 saturated heterocycles. The van der Waals surface area contributed by atoms with E-state index in [1.807, 2.05) is 6.92 Å². The Hall–Kier alpha value is -0.690. The predicted octanol–water partition coefficient (Wildman–Crippen LogP) is 4.28. The molecule has 1 fully saturated rings. The zero-order chi connectivity index (χ0) is 20.6. The Morgan fingerprint density at radius 3 is 2.00 bits per heavy atom. The molecule has 0 aliphatic carbocycles. The van der Waals surface area contributed by atoms with Gasteiger partial charge in [0, 0.05) is 26.2 Å². The van der Waals surface area contributed by atoms with Crippen molar-refractivity contribution in [3.63, 3.8) is 0 Å². The first-order valence-electron chi connectivity index (χ1n) is 11.3. The third-order valence-electron chi connectivity index (χ3n) is 4.90. The normalized spacial score (nSPS) is 25.0. The fourth-order valence-corrected chi connectivity index (χ4v) is 3.20. The summed E-state index contributed by atoms with van der Waals surface area (Å²) in [6.07, 6.45) is 6.50. The highest BCUT2D eigenvalue weighted by molar-refractivity contribution is 5.70. The molecule has 6 nitrogen and oxygen atoms in total. The van der Waals surface area contributed by atoms with Crippen molar-refractivity contribution in [2.45, 2.75) is 103 Å². The fraction of sp³-hybridized carbons (Fsp3) is 0.955. The van der Waals surface area contributed by atoms with Gasteiger partial charge in [0.2, 0.25) is 0 Å². The van der Waals surface area contributed by atoms with Crippen molar-refractivity contribution in [2.24, 2.45) is 0 Å². The minimum absolute atomic E-state index is 0.0711. The maximum atomic E-state index is 12.1. The second-order valence-electron chi connectivity index (χ2n) is 7.41. The number of hydrogen-bond acceptors (Lipinski definition) is 6. The van der Waals surface area contributed by atoms with Crippen LogP contribution in [-0.4, -0.2) is 63.4 Å². The summed E-state index contributed by atoms with van der Waals surface area (Å²) >= 11 is 0. The highest BCUT2D eigenvalue weighted by atomic mass is 16.6. The van der Waals surface area contributed by atoms with Crippen molar-refractivity contribution in [2.75, 3.05) is 33.0 Å². The van der Waals surface area contributed by atoms with Gasteiger partial charge in [-0.3, -0.25) is 4.79 Å². The molecule has 6 heteroatoms. The number of rotatable bonds is 16. The van der Waals surface area contributed by atoms with Crippen LogP contribution >= 0.6 is 0 Å². The second kappa shape index (κ2) is 16.1. The minimum Gasteiger partial charge on any atom is -0.466 e. The molecule has 0 saturated carbocycles. The van der Waals surface area contributed by atoms with E-state index in [1.54, 1.807) is 0 Å². The molecule has 28 heavy (non-hydrogen) atoms. The van der Waals surface area contributed by atoms with Crippen molar-refractivity contribution in [3.05, 3.63) is 0 Å². The zero-order valence-corrected chi connectivity index (χ0v) is 18.5. The average molecular weight is 403 g/mol. The van der Waals surface area contributed by atoms with Gasteiger partial charge >= 0.3 is 5.97 Å². The molecule has 0 radical (unpaired) electrons. The van der Waals surface area contributed by atoms with Crippen molar-refractivity contribution >= 4 is 5.97 Å². The van der Waals surface area contributed by atoms with Crippen LogP contribution in [0.2, 0.25) is 0 Å². The first-order chi connectivity index (χ1) is 13.7. The van der Waals surface area contributed by atoms with E-state index in [0.717, 1.165) is 51.6 Å². The third kappa shape index (κ3) is 10.2. The third-order valence-corrected chi connectivity index (χ3v) is 4.90. The number of ether oxygens (including phenoxy) is 5. The zero-order valence-electron chi connectivity index (χ0n) is 18.5. The van der Waals surface area contributed by atoms with Gasteiger partial charge in [0.15, 0.2) is 0 Å². The smallest absolute Gasteiger partial charge is 0.308 e. The molecule has 0 aromatic rings. The summed E-state index contributed by atoms with van der Waals surface area (Å²) in [4.78, 5) is 12.1. The minimum atomic E-state index is -0.318. The Morgan fingerprint density at radius 1 is 0.857 bits per heavy atom. The van der Waals surface area contributed by atoms with Crippen LogP contribution in [0.3, 0.4) is 0 Å². The van der Waals surface area contributed by atoms with Crippen LogP contribution < -0.4 is 0 Å². The summed E-state index contributed by atoms with van der Waals surface area (Å²) in [5, 5.41) is 0. The van der Waals surface area contributed by atoms with Gasteiger partial charge in [-0.1, -0.05) is 40.0 Å². The molecule has 166 valence electrons. The van der Waals surface area contributed by atoms with E-state index in [1.165, 1.54) is 0 Å². The quantitative estimate of drug-likeness (QED) is 0.284. The van der Waals surface area contributed by atoms with E-state index in [-0.39, 0.29) is 36.8 Å². The van der Waals surface area contributed by atoms with Gasteiger partial charge in [0.1, 0.15) is 6.10 Å². The van der Waals surface area contributed by atoms with E-state index >= 15 is 0 Å². The van der Waals surface area contributed by atoms with Gasteiger partial charge in [-0.05, 0) is 26.2 Å². The molecule has 4 atom stereocenters. The molecular formula is C22H42O6. The van der Waals surface area contributed by atoms with Gasteiger partial charge in [-0.2, -0.15) is 0 Å². The molecule has 0 bridgehead atoms. The first-order valence-corrected chi connectivity index (χ1v) is 11.3. The number of unbranched alkanes of at least 4 members (excludes halogenated alkanes) is 3. The first kappa shape index (κ1) is 25.3.